The predicted octanol–water partition coefficient (Wildman–Crippen LogP) is 3.12. The van der Waals surface area contributed by atoms with Crippen LogP contribution in [0.5, 0.6) is 0 Å². The minimum absolute atomic E-state index is 0.0319. The van der Waals surface area contributed by atoms with Gasteiger partial charge in [0.25, 0.3) is 0 Å². The molecule has 0 aromatic heterocycles. The quantitative estimate of drug-likeness (QED) is 0.713. The highest BCUT2D eigenvalue weighted by molar-refractivity contribution is 5.87. The molecule has 0 aliphatic rings. The van der Waals surface area contributed by atoms with Gasteiger partial charge in [0, 0.05) is 19.5 Å². The van der Waals surface area contributed by atoms with Crippen molar-refractivity contribution in [2.75, 3.05) is 6.54 Å². The van der Waals surface area contributed by atoms with Crippen LogP contribution >= 0.6 is 0 Å². The largest absolute Gasteiger partial charge is 0.354 e. The standard InChI is InChI=1S/C18H28N2O2/c1-4-6-13-19-18(22)15(3)20(17(21)10-5-2)14-16-11-8-7-9-12-16/h7-9,11-12,15H,4-6,10,13-14H2,1-3H3,(H,19,22). The lowest BCUT2D eigenvalue weighted by atomic mass is 10.1. The van der Waals surface area contributed by atoms with Crippen LogP contribution in [0, 0.1) is 0 Å². The molecule has 1 rings (SSSR count). The van der Waals surface area contributed by atoms with Gasteiger partial charge in [-0.3, -0.25) is 9.59 Å². The van der Waals surface area contributed by atoms with Crippen molar-refractivity contribution in [3.63, 3.8) is 0 Å². The fourth-order valence-electron chi connectivity index (χ4n) is 2.26. The van der Waals surface area contributed by atoms with Gasteiger partial charge in [-0.1, -0.05) is 50.6 Å². The topological polar surface area (TPSA) is 49.4 Å². The minimum Gasteiger partial charge on any atom is -0.354 e. The summed E-state index contributed by atoms with van der Waals surface area (Å²) < 4.78 is 0. The summed E-state index contributed by atoms with van der Waals surface area (Å²) in [4.78, 5) is 26.3. The fourth-order valence-corrected chi connectivity index (χ4v) is 2.26. The van der Waals surface area contributed by atoms with Crippen molar-refractivity contribution in [1.82, 2.24) is 10.2 Å². The number of nitrogens with zero attached hydrogens (tertiary/aromatic N) is 1. The summed E-state index contributed by atoms with van der Waals surface area (Å²) in [6, 6.07) is 9.36. The third kappa shape index (κ3) is 5.88. The number of hydrogen-bond donors (Lipinski definition) is 1. The Morgan fingerprint density at radius 3 is 2.41 bits per heavy atom. The molecule has 0 saturated carbocycles. The van der Waals surface area contributed by atoms with Crippen LogP contribution < -0.4 is 5.32 Å². The lowest BCUT2D eigenvalue weighted by molar-refractivity contribution is -0.140. The summed E-state index contributed by atoms with van der Waals surface area (Å²) in [6.07, 6.45) is 3.25. The van der Waals surface area contributed by atoms with E-state index in [4.69, 9.17) is 0 Å². The number of carbonyl (C=O) groups is 2. The Morgan fingerprint density at radius 2 is 1.82 bits per heavy atom. The van der Waals surface area contributed by atoms with Gasteiger partial charge in [-0.25, -0.2) is 0 Å². The number of unbranched alkanes of at least 4 members (excludes halogenated alkanes) is 1. The Bertz CT molecular complexity index is 459. The van der Waals surface area contributed by atoms with Gasteiger partial charge in [0.2, 0.25) is 11.8 Å². The Morgan fingerprint density at radius 1 is 1.14 bits per heavy atom. The smallest absolute Gasteiger partial charge is 0.242 e. The van der Waals surface area contributed by atoms with Gasteiger partial charge in [0.1, 0.15) is 6.04 Å². The van der Waals surface area contributed by atoms with E-state index >= 15 is 0 Å². The molecular formula is C18H28N2O2. The van der Waals surface area contributed by atoms with Crippen LogP contribution in [0.2, 0.25) is 0 Å². The predicted molar refractivity (Wildman–Crippen MR) is 89.3 cm³/mol. The molecule has 0 radical (unpaired) electrons. The normalized spacial score (nSPS) is 11.8. The van der Waals surface area contributed by atoms with Crippen LogP contribution in [0.25, 0.3) is 0 Å². The van der Waals surface area contributed by atoms with Crippen LogP contribution in [0.1, 0.15) is 52.0 Å². The highest BCUT2D eigenvalue weighted by Gasteiger charge is 2.25. The summed E-state index contributed by atoms with van der Waals surface area (Å²) in [5.74, 6) is -0.0432. The van der Waals surface area contributed by atoms with Crippen LogP contribution in [0.15, 0.2) is 30.3 Å². The molecule has 4 heteroatoms. The molecular weight excluding hydrogens is 276 g/mol. The third-order valence-electron chi connectivity index (χ3n) is 3.66. The fraction of sp³-hybridized carbons (Fsp3) is 0.556. The first-order chi connectivity index (χ1) is 10.6. The molecule has 1 aromatic rings. The van der Waals surface area contributed by atoms with Gasteiger partial charge < -0.3 is 10.2 Å². The van der Waals surface area contributed by atoms with Crippen molar-refractivity contribution < 1.29 is 9.59 Å². The molecule has 0 heterocycles. The Labute approximate surface area is 133 Å². The molecule has 0 aliphatic carbocycles. The molecule has 0 fully saturated rings. The minimum atomic E-state index is -0.448. The van der Waals surface area contributed by atoms with E-state index in [0.29, 0.717) is 19.5 Å². The third-order valence-corrected chi connectivity index (χ3v) is 3.66. The number of benzene rings is 1. The molecule has 0 bridgehead atoms. The summed E-state index contributed by atoms with van der Waals surface area (Å²) in [6.45, 7) is 7.01. The van der Waals surface area contributed by atoms with E-state index in [1.165, 1.54) is 0 Å². The van der Waals surface area contributed by atoms with Crippen molar-refractivity contribution in [1.29, 1.82) is 0 Å². The Kier molecular flexibility index (Phi) is 8.26. The SMILES string of the molecule is CCCCNC(=O)C(C)N(Cc1ccccc1)C(=O)CCC. The van der Waals surface area contributed by atoms with Gasteiger partial charge in [-0.2, -0.15) is 0 Å². The summed E-state index contributed by atoms with van der Waals surface area (Å²) >= 11 is 0. The average Bonchev–Trinajstić information content (AvgIpc) is 2.53. The zero-order chi connectivity index (χ0) is 16.4. The van der Waals surface area contributed by atoms with Crippen molar-refractivity contribution in [3.05, 3.63) is 35.9 Å². The Hall–Kier alpha value is -1.84. The van der Waals surface area contributed by atoms with Crippen LogP contribution in [-0.4, -0.2) is 29.3 Å². The Balaban J connectivity index is 2.76. The zero-order valence-corrected chi connectivity index (χ0v) is 14.0. The van der Waals surface area contributed by atoms with Crippen LogP contribution in [-0.2, 0) is 16.1 Å². The summed E-state index contributed by atoms with van der Waals surface area (Å²) in [7, 11) is 0. The second kappa shape index (κ2) is 9.98. The molecule has 1 unspecified atom stereocenters. The van der Waals surface area contributed by atoms with E-state index in [1.807, 2.05) is 37.3 Å². The first-order valence-electron chi connectivity index (χ1n) is 8.21. The second-order valence-electron chi connectivity index (χ2n) is 5.58. The molecule has 1 N–H and O–H groups in total. The van der Waals surface area contributed by atoms with Gasteiger partial charge in [0.15, 0.2) is 0 Å². The van der Waals surface area contributed by atoms with Crippen molar-refractivity contribution >= 4 is 11.8 Å². The summed E-state index contributed by atoms with van der Waals surface area (Å²) in [5, 5.41) is 2.91. The van der Waals surface area contributed by atoms with E-state index < -0.39 is 6.04 Å². The van der Waals surface area contributed by atoms with E-state index in [-0.39, 0.29) is 11.8 Å². The number of nitrogens with one attached hydrogen (secondary N) is 1. The number of hydrogen-bond acceptors (Lipinski definition) is 2. The lowest BCUT2D eigenvalue weighted by Gasteiger charge is -2.28. The van der Waals surface area contributed by atoms with Crippen molar-refractivity contribution in [2.45, 2.75) is 59.0 Å². The molecule has 0 spiro atoms. The van der Waals surface area contributed by atoms with E-state index in [9.17, 15) is 9.59 Å². The molecule has 2 amide bonds. The van der Waals surface area contributed by atoms with Crippen molar-refractivity contribution in [2.24, 2.45) is 0 Å². The molecule has 0 aliphatic heterocycles. The summed E-state index contributed by atoms with van der Waals surface area (Å²) in [5.41, 5.74) is 1.04. The lowest BCUT2D eigenvalue weighted by Crippen LogP contribution is -2.47. The molecule has 1 atom stereocenters. The number of amides is 2. The molecule has 22 heavy (non-hydrogen) atoms. The van der Waals surface area contributed by atoms with Gasteiger partial charge in [-0.15, -0.1) is 0 Å². The van der Waals surface area contributed by atoms with Gasteiger partial charge in [-0.05, 0) is 25.3 Å². The number of rotatable bonds is 9. The molecule has 122 valence electrons. The maximum absolute atomic E-state index is 12.4. The first kappa shape index (κ1) is 18.2. The first-order valence-corrected chi connectivity index (χ1v) is 8.21. The molecule has 0 saturated heterocycles. The highest BCUT2D eigenvalue weighted by Crippen LogP contribution is 2.11. The van der Waals surface area contributed by atoms with Crippen LogP contribution in [0.3, 0.4) is 0 Å². The van der Waals surface area contributed by atoms with Gasteiger partial charge >= 0.3 is 0 Å². The maximum Gasteiger partial charge on any atom is 0.242 e. The second-order valence-corrected chi connectivity index (χ2v) is 5.58. The van der Waals surface area contributed by atoms with Crippen LogP contribution in [0.4, 0.5) is 0 Å². The highest BCUT2D eigenvalue weighted by atomic mass is 16.2. The van der Waals surface area contributed by atoms with Gasteiger partial charge in [0.05, 0.1) is 0 Å². The van der Waals surface area contributed by atoms with E-state index in [1.54, 1.807) is 11.8 Å². The maximum atomic E-state index is 12.4. The van der Waals surface area contributed by atoms with E-state index in [2.05, 4.69) is 12.2 Å². The zero-order valence-electron chi connectivity index (χ0n) is 14.0. The van der Waals surface area contributed by atoms with Crippen molar-refractivity contribution in [3.8, 4) is 0 Å². The average molecular weight is 304 g/mol. The molecule has 1 aromatic carbocycles. The monoisotopic (exact) mass is 304 g/mol. The number of carbonyl (C=O) groups excluding carboxylic acids is 2. The van der Waals surface area contributed by atoms with E-state index in [0.717, 1.165) is 24.8 Å². The molecule has 4 nitrogen and oxygen atoms in total.